The number of carbonyl (C=O) groups is 1. The first-order valence-electron chi connectivity index (χ1n) is 10.7. The summed E-state index contributed by atoms with van der Waals surface area (Å²) in [6, 6.07) is 17.9. The van der Waals surface area contributed by atoms with Gasteiger partial charge in [0.05, 0.1) is 25.4 Å². The van der Waals surface area contributed by atoms with E-state index >= 15 is 0 Å². The van der Waals surface area contributed by atoms with Crippen molar-refractivity contribution in [3.8, 4) is 5.75 Å². The summed E-state index contributed by atoms with van der Waals surface area (Å²) >= 11 is 0. The summed E-state index contributed by atoms with van der Waals surface area (Å²) in [6.07, 6.45) is 0.680. The lowest BCUT2D eigenvalue weighted by Gasteiger charge is -2.34. The van der Waals surface area contributed by atoms with Crippen LogP contribution in [0.5, 0.6) is 5.75 Å². The van der Waals surface area contributed by atoms with Crippen LogP contribution in [0.4, 0.5) is 0 Å². The normalized spacial score (nSPS) is 20.3. The van der Waals surface area contributed by atoms with Crippen LogP contribution in [-0.4, -0.2) is 72.8 Å². The summed E-state index contributed by atoms with van der Waals surface area (Å²) in [5, 5.41) is 6.48. The third-order valence-electron chi connectivity index (χ3n) is 6.04. The molecule has 1 amide bonds. The number of likely N-dealkylation sites (N-methyl/N-ethyl adjacent to an activating group) is 1. The van der Waals surface area contributed by atoms with Crippen LogP contribution in [0.3, 0.4) is 0 Å². The molecule has 0 bridgehead atoms. The molecule has 0 radical (unpaired) electrons. The van der Waals surface area contributed by atoms with Gasteiger partial charge in [-0.15, -0.1) is 0 Å². The fraction of sp³-hybridized carbons (Fsp3) is 0.417. The molecule has 4 rings (SSSR count). The monoisotopic (exact) mass is 406 g/mol. The minimum Gasteiger partial charge on any atom is -0.496 e. The van der Waals surface area contributed by atoms with Crippen LogP contribution in [0, 0.1) is 0 Å². The van der Waals surface area contributed by atoms with Crippen molar-refractivity contribution >= 4 is 11.6 Å². The van der Waals surface area contributed by atoms with Gasteiger partial charge in [0.1, 0.15) is 5.75 Å². The van der Waals surface area contributed by atoms with E-state index in [0.29, 0.717) is 13.0 Å². The Balaban J connectivity index is 1.57. The molecule has 0 spiro atoms. The number of amides is 1. The number of nitrogens with zero attached hydrogens (tertiary/aromatic N) is 4. The van der Waals surface area contributed by atoms with E-state index in [1.54, 1.807) is 12.1 Å². The molecule has 1 saturated heterocycles. The Morgan fingerprint density at radius 2 is 1.67 bits per heavy atom. The lowest BCUT2D eigenvalue weighted by Crippen LogP contribution is -2.49. The molecular weight excluding hydrogens is 376 g/mol. The molecule has 1 atom stereocenters. The Bertz CT molecular complexity index is 891. The predicted molar refractivity (Wildman–Crippen MR) is 119 cm³/mol. The van der Waals surface area contributed by atoms with Crippen LogP contribution in [0.1, 0.15) is 30.5 Å². The Labute approximate surface area is 178 Å². The predicted octanol–water partition coefficient (Wildman–Crippen LogP) is 3.01. The molecule has 2 aromatic rings. The number of carbonyl (C=O) groups excluding carboxylic acids is 1. The van der Waals surface area contributed by atoms with E-state index in [2.05, 4.69) is 28.9 Å². The van der Waals surface area contributed by atoms with Gasteiger partial charge in [-0.25, -0.2) is 5.01 Å². The van der Waals surface area contributed by atoms with Crippen molar-refractivity contribution in [1.29, 1.82) is 0 Å². The number of ether oxygens (including phenoxy) is 1. The highest BCUT2D eigenvalue weighted by atomic mass is 16.5. The molecule has 2 aliphatic heterocycles. The van der Waals surface area contributed by atoms with Gasteiger partial charge in [-0.2, -0.15) is 5.10 Å². The van der Waals surface area contributed by atoms with Gasteiger partial charge in [0.15, 0.2) is 0 Å². The van der Waals surface area contributed by atoms with E-state index in [-0.39, 0.29) is 11.9 Å². The maximum Gasteiger partial charge on any atom is 0.257 e. The van der Waals surface area contributed by atoms with Gasteiger partial charge in [0.25, 0.3) is 5.91 Å². The third-order valence-corrected chi connectivity index (χ3v) is 6.04. The molecule has 6 heteroatoms. The summed E-state index contributed by atoms with van der Waals surface area (Å²) in [5.74, 6) is 0.836. The van der Waals surface area contributed by atoms with Crippen LogP contribution >= 0.6 is 0 Å². The quantitative estimate of drug-likeness (QED) is 0.740. The molecule has 0 aromatic heterocycles. The van der Waals surface area contributed by atoms with Gasteiger partial charge in [-0.05, 0) is 18.2 Å². The van der Waals surface area contributed by atoms with E-state index < -0.39 is 0 Å². The molecule has 30 heavy (non-hydrogen) atoms. The Morgan fingerprint density at radius 1 is 1.00 bits per heavy atom. The summed E-state index contributed by atoms with van der Waals surface area (Å²) in [5.41, 5.74) is 3.00. The largest absolute Gasteiger partial charge is 0.496 e. The van der Waals surface area contributed by atoms with Crippen molar-refractivity contribution in [3.05, 3.63) is 65.7 Å². The van der Waals surface area contributed by atoms with Gasteiger partial charge in [0.2, 0.25) is 0 Å². The molecule has 0 N–H and O–H groups in total. The summed E-state index contributed by atoms with van der Waals surface area (Å²) in [6.45, 7) is 7.51. The number of rotatable bonds is 6. The smallest absolute Gasteiger partial charge is 0.257 e. The second-order valence-electron chi connectivity index (χ2n) is 7.82. The van der Waals surface area contributed by atoms with Crippen molar-refractivity contribution in [3.63, 3.8) is 0 Å². The number of hydrogen-bond acceptors (Lipinski definition) is 5. The molecular formula is C24H30N4O2. The number of hydrazone groups is 1. The number of piperazine rings is 1. The molecule has 1 fully saturated rings. The fourth-order valence-electron chi connectivity index (χ4n) is 4.26. The summed E-state index contributed by atoms with van der Waals surface area (Å²) in [4.78, 5) is 18.0. The van der Waals surface area contributed by atoms with Gasteiger partial charge in [0, 0.05) is 38.2 Å². The number of para-hydroxylation sites is 1. The van der Waals surface area contributed by atoms with E-state index in [1.807, 2.05) is 42.5 Å². The Hall–Kier alpha value is -2.70. The van der Waals surface area contributed by atoms with Crippen LogP contribution in [0.25, 0.3) is 0 Å². The standard InChI is InChI=1S/C24H30N4O2/c1-3-26-13-15-27(16-14-26)18-24(29)28-22(20-11-7-8-12-23(20)30-2)17-21(25-28)19-9-5-4-6-10-19/h4-12,22H,3,13-18H2,1-2H3/t22-/m1/s1. The zero-order valence-corrected chi connectivity index (χ0v) is 17.8. The van der Waals surface area contributed by atoms with Crippen molar-refractivity contribution in [2.45, 2.75) is 19.4 Å². The highest BCUT2D eigenvalue weighted by Gasteiger charge is 2.35. The first-order chi connectivity index (χ1) is 14.7. The third kappa shape index (κ3) is 4.40. The highest BCUT2D eigenvalue weighted by molar-refractivity contribution is 6.03. The minimum atomic E-state index is -0.152. The van der Waals surface area contributed by atoms with Crippen molar-refractivity contribution in [2.24, 2.45) is 5.10 Å². The molecule has 0 saturated carbocycles. The fourth-order valence-corrected chi connectivity index (χ4v) is 4.26. The van der Waals surface area contributed by atoms with E-state index in [0.717, 1.165) is 55.3 Å². The van der Waals surface area contributed by atoms with Gasteiger partial charge in [-0.1, -0.05) is 55.5 Å². The Morgan fingerprint density at radius 3 is 2.37 bits per heavy atom. The Kier molecular flexibility index (Phi) is 6.45. The molecule has 0 aliphatic carbocycles. The van der Waals surface area contributed by atoms with E-state index in [4.69, 9.17) is 9.84 Å². The van der Waals surface area contributed by atoms with Crippen molar-refractivity contribution in [1.82, 2.24) is 14.8 Å². The number of hydrogen-bond donors (Lipinski definition) is 0. The van der Waals surface area contributed by atoms with Crippen LogP contribution in [0.2, 0.25) is 0 Å². The van der Waals surface area contributed by atoms with Gasteiger partial charge in [-0.3, -0.25) is 9.69 Å². The molecule has 2 heterocycles. The number of benzene rings is 2. The number of methoxy groups -OCH3 is 1. The zero-order valence-electron chi connectivity index (χ0n) is 17.8. The second kappa shape index (κ2) is 9.41. The molecule has 0 unspecified atom stereocenters. The average Bonchev–Trinajstić information content (AvgIpc) is 3.25. The average molecular weight is 407 g/mol. The van der Waals surface area contributed by atoms with Gasteiger partial charge >= 0.3 is 0 Å². The molecule has 6 nitrogen and oxygen atoms in total. The maximum atomic E-state index is 13.3. The lowest BCUT2D eigenvalue weighted by molar-refractivity contribution is -0.134. The van der Waals surface area contributed by atoms with Gasteiger partial charge < -0.3 is 9.64 Å². The second-order valence-corrected chi connectivity index (χ2v) is 7.82. The van der Waals surface area contributed by atoms with Crippen molar-refractivity contribution < 1.29 is 9.53 Å². The topological polar surface area (TPSA) is 48.4 Å². The molecule has 2 aliphatic rings. The summed E-state index contributed by atoms with van der Waals surface area (Å²) in [7, 11) is 1.67. The molecule has 158 valence electrons. The van der Waals surface area contributed by atoms with E-state index in [1.165, 1.54) is 0 Å². The minimum absolute atomic E-state index is 0.0433. The lowest BCUT2D eigenvalue weighted by atomic mass is 9.97. The first-order valence-corrected chi connectivity index (χ1v) is 10.7. The SMILES string of the molecule is CCN1CCN(CC(=O)N2N=C(c3ccccc3)C[C@@H]2c2ccccc2OC)CC1. The first kappa shape index (κ1) is 20.6. The van der Waals surface area contributed by atoms with Crippen molar-refractivity contribution in [2.75, 3.05) is 46.4 Å². The maximum absolute atomic E-state index is 13.3. The van der Waals surface area contributed by atoms with Crippen LogP contribution < -0.4 is 4.74 Å². The van der Waals surface area contributed by atoms with E-state index in [9.17, 15) is 4.79 Å². The zero-order chi connectivity index (χ0) is 20.9. The highest BCUT2D eigenvalue weighted by Crippen LogP contribution is 2.37. The van der Waals surface area contributed by atoms with Crippen LogP contribution in [-0.2, 0) is 4.79 Å². The van der Waals surface area contributed by atoms with Crippen LogP contribution in [0.15, 0.2) is 59.7 Å². The molecule has 2 aromatic carbocycles. The summed E-state index contributed by atoms with van der Waals surface area (Å²) < 4.78 is 5.60.